The third kappa shape index (κ3) is 4.40. The van der Waals surface area contributed by atoms with Crippen LogP contribution in [0, 0.1) is 11.3 Å². The van der Waals surface area contributed by atoms with Crippen molar-refractivity contribution in [3.8, 4) is 0 Å². The van der Waals surface area contributed by atoms with Crippen molar-refractivity contribution in [3.05, 3.63) is 23.5 Å². The average molecular weight is 248 g/mol. The molecule has 0 aliphatic carbocycles. The second-order valence-electron chi connectivity index (χ2n) is 6.63. The first-order valence-electron chi connectivity index (χ1n) is 7.19. The molecular weight excluding hydrogens is 220 g/mol. The van der Waals surface area contributed by atoms with E-state index >= 15 is 0 Å². The van der Waals surface area contributed by atoms with Gasteiger partial charge in [-0.15, -0.1) is 0 Å². The normalized spacial score (nSPS) is 15.4. The van der Waals surface area contributed by atoms with E-state index in [9.17, 15) is 0 Å². The van der Waals surface area contributed by atoms with E-state index in [4.69, 9.17) is 0 Å². The zero-order valence-corrected chi connectivity index (χ0v) is 12.8. The minimum Gasteiger partial charge on any atom is -0.159 e. The van der Waals surface area contributed by atoms with Gasteiger partial charge >= 0.3 is 0 Å². The molecule has 0 saturated carbocycles. The Balaban J connectivity index is 2.93. The van der Waals surface area contributed by atoms with Crippen molar-refractivity contribution in [2.75, 3.05) is 0 Å². The summed E-state index contributed by atoms with van der Waals surface area (Å²) in [5, 5.41) is 8.56. The van der Waals surface area contributed by atoms with Crippen LogP contribution < -0.4 is 0 Å². The van der Waals surface area contributed by atoms with Crippen molar-refractivity contribution in [3.63, 3.8) is 0 Å². The maximum atomic E-state index is 4.36. The number of aromatic nitrogens is 2. The van der Waals surface area contributed by atoms with Gasteiger partial charge in [0.25, 0.3) is 0 Å². The molecule has 0 aliphatic heterocycles. The molecule has 2 heteroatoms. The molecule has 0 saturated heterocycles. The van der Waals surface area contributed by atoms with Crippen LogP contribution in [0.15, 0.2) is 12.3 Å². The zero-order chi connectivity index (χ0) is 13.8. The predicted octanol–water partition coefficient (Wildman–Crippen LogP) is 4.60. The molecule has 0 spiro atoms. The van der Waals surface area contributed by atoms with Gasteiger partial charge in [-0.25, -0.2) is 0 Å². The van der Waals surface area contributed by atoms with Crippen molar-refractivity contribution >= 4 is 0 Å². The van der Waals surface area contributed by atoms with Crippen LogP contribution in [0.25, 0.3) is 0 Å². The van der Waals surface area contributed by atoms with Gasteiger partial charge in [0.05, 0.1) is 11.9 Å². The molecule has 0 bridgehead atoms. The van der Waals surface area contributed by atoms with E-state index in [0.717, 1.165) is 12.8 Å². The summed E-state index contributed by atoms with van der Waals surface area (Å²) < 4.78 is 0. The fraction of sp³-hybridized carbons (Fsp3) is 0.750. The number of nitrogens with zero attached hydrogens (tertiary/aromatic N) is 2. The van der Waals surface area contributed by atoms with E-state index in [1.807, 2.05) is 6.20 Å². The van der Waals surface area contributed by atoms with Gasteiger partial charge in [-0.2, -0.15) is 10.2 Å². The molecule has 2 unspecified atom stereocenters. The minimum absolute atomic E-state index is 0.304. The molecule has 2 atom stereocenters. The Labute approximate surface area is 112 Å². The molecule has 1 aromatic rings. The molecule has 0 aromatic carbocycles. The molecule has 1 heterocycles. The van der Waals surface area contributed by atoms with Gasteiger partial charge in [0.1, 0.15) is 0 Å². The third-order valence-corrected chi connectivity index (χ3v) is 3.62. The molecule has 0 radical (unpaired) electrons. The van der Waals surface area contributed by atoms with E-state index in [0.29, 0.717) is 17.3 Å². The summed E-state index contributed by atoms with van der Waals surface area (Å²) in [6.07, 6.45) is 5.32. The molecular formula is C16H28N2. The van der Waals surface area contributed by atoms with Crippen LogP contribution in [0.3, 0.4) is 0 Å². The van der Waals surface area contributed by atoms with Crippen LogP contribution in [-0.2, 0) is 6.42 Å². The summed E-state index contributed by atoms with van der Waals surface area (Å²) in [5.41, 5.74) is 2.79. The molecule has 1 aromatic heterocycles. The van der Waals surface area contributed by atoms with Crippen LogP contribution in [-0.4, -0.2) is 10.2 Å². The number of hydrogen-bond acceptors (Lipinski definition) is 2. The van der Waals surface area contributed by atoms with Crippen LogP contribution in [0.5, 0.6) is 0 Å². The Morgan fingerprint density at radius 1 is 1.17 bits per heavy atom. The summed E-state index contributed by atoms with van der Waals surface area (Å²) in [7, 11) is 0. The first kappa shape index (κ1) is 15.1. The number of hydrogen-bond donors (Lipinski definition) is 0. The third-order valence-electron chi connectivity index (χ3n) is 3.62. The van der Waals surface area contributed by atoms with Crippen molar-refractivity contribution in [2.45, 2.75) is 66.7 Å². The first-order valence-corrected chi connectivity index (χ1v) is 7.19. The molecule has 1 rings (SSSR count). The van der Waals surface area contributed by atoms with E-state index in [1.165, 1.54) is 17.7 Å². The van der Waals surface area contributed by atoms with Crippen LogP contribution >= 0.6 is 0 Å². The van der Waals surface area contributed by atoms with Gasteiger partial charge in [0.2, 0.25) is 0 Å². The standard InChI is InChI=1S/C16H28N2/c1-7-12(3)14(8-2)15-9-13(11-17-18-15)10-16(4,5)6/h9,11-12,14H,7-8,10H2,1-6H3. The molecule has 0 N–H and O–H groups in total. The van der Waals surface area contributed by atoms with Gasteiger partial charge < -0.3 is 0 Å². The Kier molecular flexibility index (Phi) is 5.30. The smallest absolute Gasteiger partial charge is 0.0667 e. The lowest BCUT2D eigenvalue weighted by molar-refractivity contribution is 0.405. The van der Waals surface area contributed by atoms with Gasteiger partial charge in [-0.3, -0.25) is 0 Å². The second-order valence-corrected chi connectivity index (χ2v) is 6.63. The zero-order valence-electron chi connectivity index (χ0n) is 12.8. The lowest BCUT2D eigenvalue weighted by Gasteiger charge is -2.22. The van der Waals surface area contributed by atoms with E-state index in [-0.39, 0.29) is 0 Å². The molecule has 102 valence electrons. The fourth-order valence-electron chi connectivity index (χ4n) is 2.50. The predicted molar refractivity (Wildman–Crippen MR) is 77.7 cm³/mol. The molecule has 0 fully saturated rings. The molecule has 2 nitrogen and oxygen atoms in total. The molecule has 0 amide bonds. The minimum atomic E-state index is 0.304. The summed E-state index contributed by atoms with van der Waals surface area (Å²) in [5.74, 6) is 1.22. The monoisotopic (exact) mass is 248 g/mol. The number of rotatable bonds is 5. The highest BCUT2D eigenvalue weighted by Crippen LogP contribution is 2.29. The maximum Gasteiger partial charge on any atom is 0.0667 e. The van der Waals surface area contributed by atoms with Crippen LogP contribution in [0.4, 0.5) is 0 Å². The van der Waals surface area contributed by atoms with E-state index < -0.39 is 0 Å². The summed E-state index contributed by atoms with van der Waals surface area (Å²) in [6.45, 7) is 13.6. The maximum absolute atomic E-state index is 4.36. The average Bonchev–Trinajstić information content (AvgIpc) is 2.28. The SMILES string of the molecule is CCC(C)C(CC)c1cc(CC(C)(C)C)cnn1. The Bertz CT molecular complexity index is 366. The second kappa shape index (κ2) is 6.31. The first-order chi connectivity index (χ1) is 8.37. The van der Waals surface area contributed by atoms with Crippen LogP contribution in [0.2, 0.25) is 0 Å². The highest BCUT2D eigenvalue weighted by molar-refractivity contribution is 5.17. The summed E-state index contributed by atoms with van der Waals surface area (Å²) >= 11 is 0. The lowest BCUT2D eigenvalue weighted by Crippen LogP contribution is -2.13. The van der Waals surface area contributed by atoms with E-state index in [2.05, 4.69) is 57.8 Å². The lowest BCUT2D eigenvalue weighted by atomic mass is 9.84. The van der Waals surface area contributed by atoms with Gasteiger partial charge in [0.15, 0.2) is 0 Å². The Morgan fingerprint density at radius 3 is 2.33 bits per heavy atom. The van der Waals surface area contributed by atoms with Crippen molar-refractivity contribution in [2.24, 2.45) is 11.3 Å². The van der Waals surface area contributed by atoms with Crippen molar-refractivity contribution < 1.29 is 0 Å². The van der Waals surface area contributed by atoms with Gasteiger partial charge in [-0.1, -0.05) is 48.0 Å². The quantitative estimate of drug-likeness (QED) is 0.760. The summed E-state index contributed by atoms with van der Waals surface area (Å²) in [4.78, 5) is 0. The topological polar surface area (TPSA) is 25.8 Å². The Hall–Kier alpha value is -0.920. The fourth-order valence-corrected chi connectivity index (χ4v) is 2.50. The van der Waals surface area contributed by atoms with Crippen LogP contribution in [0.1, 0.15) is 71.6 Å². The van der Waals surface area contributed by atoms with Gasteiger partial charge in [-0.05, 0) is 35.8 Å². The van der Waals surface area contributed by atoms with Gasteiger partial charge in [0, 0.05) is 5.92 Å². The van der Waals surface area contributed by atoms with Crippen molar-refractivity contribution in [1.82, 2.24) is 10.2 Å². The van der Waals surface area contributed by atoms with Crippen molar-refractivity contribution in [1.29, 1.82) is 0 Å². The van der Waals surface area contributed by atoms with E-state index in [1.54, 1.807) is 0 Å². The molecule has 0 aliphatic rings. The summed E-state index contributed by atoms with van der Waals surface area (Å²) in [6, 6.07) is 2.26. The highest BCUT2D eigenvalue weighted by Gasteiger charge is 2.19. The molecule has 18 heavy (non-hydrogen) atoms. The highest BCUT2D eigenvalue weighted by atomic mass is 15.1. The Morgan fingerprint density at radius 2 is 1.83 bits per heavy atom. The largest absolute Gasteiger partial charge is 0.159 e.